The lowest BCUT2D eigenvalue weighted by Gasteiger charge is -2.20. The quantitative estimate of drug-likeness (QED) is 0.189. The van der Waals surface area contributed by atoms with Crippen LogP contribution in [0.2, 0.25) is 0 Å². The Balaban J connectivity index is 1.72. The van der Waals surface area contributed by atoms with Crippen LogP contribution in [0, 0.1) is 0 Å². The molecule has 0 heterocycles. The average Bonchev–Trinajstić information content (AvgIpc) is 2.91. The van der Waals surface area contributed by atoms with Crippen molar-refractivity contribution in [2.45, 2.75) is 0 Å². The molecule has 0 aliphatic rings. The van der Waals surface area contributed by atoms with E-state index in [9.17, 15) is 0 Å². The summed E-state index contributed by atoms with van der Waals surface area (Å²) < 4.78 is 0. The largest absolute Gasteiger partial charge is 0.139 e. The summed E-state index contributed by atoms with van der Waals surface area (Å²) in [4.78, 5) is 0. The van der Waals surface area contributed by atoms with Gasteiger partial charge in [0, 0.05) is 0 Å². The van der Waals surface area contributed by atoms with Crippen LogP contribution >= 0.6 is 0 Å². The van der Waals surface area contributed by atoms with Crippen LogP contribution in [0.4, 0.5) is 0 Å². The molecule has 0 unspecified atom stereocenters. The lowest BCUT2D eigenvalue weighted by Crippen LogP contribution is -2.02. The molecule has 0 spiro atoms. The lowest BCUT2D eigenvalue weighted by atomic mass is 9.81. The van der Waals surface area contributed by atoms with E-state index in [-0.39, 0.29) is 0 Å². The van der Waals surface area contributed by atoms with E-state index < -0.39 is 0 Å². The second kappa shape index (κ2) is 7.86. The zero-order valence-corrected chi connectivity index (χ0v) is 19.6. The zero-order chi connectivity index (χ0) is 23.4. The highest BCUT2D eigenvalue weighted by Crippen LogP contribution is 2.46. The maximum atomic E-state index is 2.37. The van der Waals surface area contributed by atoms with Crippen LogP contribution in [0.1, 0.15) is 0 Å². The van der Waals surface area contributed by atoms with Gasteiger partial charge in [0.15, 0.2) is 0 Å². The average molecular weight is 442 g/mol. The van der Waals surface area contributed by atoms with E-state index >= 15 is 0 Å². The van der Waals surface area contributed by atoms with Gasteiger partial charge in [-0.1, -0.05) is 133 Å². The molecule has 0 radical (unpaired) electrons. The fourth-order valence-corrected chi connectivity index (χ4v) is 5.76. The smallest absolute Gasteiger partial charge is 0.0883 e. The van der Waals surface area contributed by atoms with Crippen molar-refractivity contribution in [2.24, 2.45) is 0 Å². The maximum absolute atomic E-state index is 2.37. The van der Waals surface area contributed by atoms with Crippen LogP contribution in [0.5, 0.6) is 0 Å². The van der Waals surface area contributed by atoms with Crippen LogP contribution in [-0.2, 0) is 0 Å². The highest BCUT2D eigenvalue weighted by Gasteiger charge is 2.19. The summed E-state index contributed by atoms with van der Waals surface area (Å²) in [6.07, 6.45) is 0. The van der Waals surface area contributed by atoms with Gasteiger partial charge in [0.25, 0.3) is 0 Å². The van der Waals surface area contributed by atoms with Gasteiger partial charge in [-0.2, -0.15) is 0 Å². The molecule has 7 rings (SSSR count). The van der Waals surface area contributed by atoms with Crippen LogP contribution in [0.3, 0.4) is 0 Å². The van der Waals surface area contributed by atoms with E-state index in [1.54, 1.807) is 0 Å². The number of benzene rings is 7. The fraction of sp³-hybridized carbons (Fsp3) is 0. The van der Waals surface area contributed by atoms with Gasteiger partial charge < -0.3 is 0 Å². The lowest BCUT2D eigenvalue weighted by molar-refractivity contribution is 1.69. The molecule has 162 valence electrons. The van der Waals surface area contributed by atoms with Crippen molar-refractivity contribution in [3.63, 3.8) is 0 Å². The molecule has 7 aromatic carbocycles. The highest BCUT2D eigenvalue weighted by molar-refractivity contribution is 6.35. The molecular formula is C34H23B. The normalized spacial score (nSPS) is 11.5. The second-order valence-electron chi connectivity index (χ2n) is 9.40. The SMILES string of the molecule is Bc1ccc2c(-c3cccc4ccccc34)c3ccccc3c(-c3cccc4ccccc34)c2c1. The van der Waals surface area contributed by atoms with Crippen LogP contribution in [-0.4, -0.2) is 7.85 Å². The van der Waals surface area contributed by atoms with Crippen molar-refractivity contribution < 1.29 is 0 Å². The molecule has 0 nitrogen and oxygen atoms in total. The standard InChI is InChI=1S/C34H23B/c35-24-19-20-31-32(21-24)34(28-18-8-12-23-10-2-4-14-26(23)28)30-16-6-5-15-29(30)33(31)27-17-7-11-22-9-1-3-13-25(22)27/h1-21H,35H2. The topological polar surface area (TPSA) is 0 Å². The summed E-state index contributed by atoms with van der Waals surface area (Å²) in [6.45, 7) is 0. The predicted molar refractivity (Wildman–Crippen MR) is 156 cm³/mol. The van der Waals surface area contributed by atoms with Crippen molar-refractivity contribution in [1.29, 1.82) is 0 Å². The highest BCUT2D eigenvalue weighted by atomic mass is 14.2. The van der Waals surface area contributed by atoms with E-state index in [0.29, 0.717) is 0 Å². The third kappa shape index (κ3) is 3.09. The Labute approximate surface area is 205 Å². The maximum Gasteiger partial charge on any atom is 0.139 e. The van der Waals surface area contributed by atoms with Crippen molar-refractivity contribution in [1.82, 2.24) is 0 Å². The molecular weight excluding hydrogens is 419 g/mol. The van der Waals surface area contributed by atoms with Gasteiger partial charge in [0.2, 0.25) is 0 Å². The summed E-state index contributed by atoms with van der Waals surface area (Å²) >= 11 is 0. The summed E-state index contributed by atoms with van der Waals surface area (Å²) in [5.74, 6) is 0. The zero-order valence-electron chi connectivity index (χ0n) is 19.6. The van der Waals surface area contributed by atoms with Crippen LogP contribution in [0.15, 0.2) is 127 Å². The molecule has 7 aromatic rings. The van der Waals surface area contributed by atoms with Gasteiger partial charge in [0.05, 0.1) is 0 Å². The first-order chi connectivity index (χ1) is 17.3. The molecule has 35 heavy (non-hydrogen) atoms. The fourth-order valence-electron chi connectivity index (χ4n) is 5.76. The summed E-state index contributed by atoms with van der Waals surface area (Å²) in [7, 11) is 2.19. The number of hydrogen-bond acceptors (Lipinski definition) is 0. The Morgan fingerprint density at radius 1 is 0.343 bits per heavy atom. The third-order valence-electron chi connectivity index (χ3n) is 7.30. The predicted octanol–water partition coefficient (Wildman–Crippen LogP) is 7.89. The van der Waals surface area contributed by atoms with Gasteiger partial charge in [0.1, 0.15) is 7.85 Å². The van der Waals surface area contributed by atoms with E-state index in [1.807, 2.05) is 0 Å². The van der Waals surface area contributed by atoms with Gasteiger partial charge in [-0.15, -0.1) is 0 Å². The molecule has 0 fully saturated rings. The monoisotopic (exact) mass is 442 g/mol. The first-order valence-electron chi connectivity index (χ1n) is 12.2. The van der Waals surface area contributed by atoms with Crippen molar-refractivity contribution in [3.05, 3.63) is 127 Å². The number of hydrogen-bond donors (Lipinski definition) is 0. The Morgan fingerprint density at radius 3 is 1.34 bits per heavy atom. The van der Waals surface area contributed by atoms with Crippen LogP contribution < -0.4 is 5.46 Å². The molecule has 0 saturated carbocycles. The van der Waals surface area contributed by atoms with Gasteiger partial charge in [-0.05, 0) is 65.3 Å². The molecule has 0 aliphatic heterocycles. The summed E-state index contributed by atoms with van der Waals surface area (Å²) in [6, 6.07) is 46.7. The first kappa shape index (κ1) is 20.1. The van der Waals surface area contributed by atoms with E-state index in [4.69, 9.17) is 0 Å². The summed E-state index contributed by atoms with van der Waals surface area (Å²) in [5.41, 5.74) is 6.49. The van der Waals surface area contributed by atoms with Gasteiger partial charge in [-0.25, -0.2) is 0 Å². The molecule has 0 saturated heterocycles. The Morgan fingerprint density at radius 2 is 0.771 bits per heavy atom. The third-order valence-corrected chi connectivity index (χ3v) is 7.30. The molecule has 0 atom stereocenters. The molecule has 0 aromatic heterocycles. The van der Waals surface area contributed by atoms with Crippen molar-refractivity contribution >= 4 is 56.4 Å². The van der Waals surface area contributed by atoms with Crippen LogP contribution in [0.25, 0.3) is 65.3 Å². The van der Waals surface area contributed by atoms with E-state index in [0.717, 1.165) is 0 Å². The first-order valence-corrected chi connectivity index (χ1v) is 12.2. The Kier molecular flexibility index (Phi) is 4.50. The molecule has 0 bridgehead atoms. The van der Waals surface area contributed by atoms with Gasteiger partial charge >= 0.3 is 0 Å². The van der Waals surface area contributed by atoms with Crippen molar-refractivity contribution in [2.75, 3.05) is 0 Å². The van der Waals surface area contributed by atoms with E-state index in [2.05, 4.69) is 135 Å². The minimum Gasteiger partial charge on any atom is -0.0883 e. The molecule has 0 aliphatic carbocycles. The van der Waals surface area contributed by atoms with E-state index in [1.165, 1.54) is 70.8 Å². The minimum absolute atomic E-state index is 1.27. The van der Waals surface area contributed by atoms with Gasteiger partial charge in [-0.3, -0.25) is 0 Å². The number of fused-ring (bicyclic) bond motifs is 4. The molecule has 0 amide bonds. The minimum atomic E-state index is 1.27. The Hall–Kier alpha value is -4.36. The molecule has 1 heteroatoms. The number of rotatable bonds is 2. The second-order valence-corrected chi connectivity index (χ2v) is 9.40. The molecule has 0 N–H and O–H groups in total. The van der Waals surface area contributed by atoms with Crippen molar-refractivity contribution in [3.8, 4) is 22.3 Å². The summed E-state index contributed by atoms with van der Waals surface area (Å²) in [5, 5.41) is 10.3. The Bertz CT molecular complexity index is 1900.